The van der Waals surface area contributed by atoms with Gasteiger partial charge in [-0.3, -0.25) is 4.79 Å². The molecule has 0 N–H and O–H groups in total. The fourth-order valence-electron chi connectivity index (χ4n) is 6.64. The molecule has 27 heavy (non-hydrogen) atoms. The van der Waals surface area contributed by atoms with Crippen molar-refractivity contribution in [2.75, 3.05) is 0 Å². The Kier molecular flexibility index (Phi) is 4.83. The Bertz CT molecular complexity index is 643. The summed E-state index contributed by atoms with van der Waals surface area (Å²) in [6.45, 7) is 14.4. The number of rotatable bonds is 2. The molecule has 3 saturated carbocycles. The average Bonchev–Trinajstić information content (AvgIpc) is 2.89. The Labute approximate surface area is 167 Å². The number of hydrogen-bond acceptors (Lipinski definition) is 2. The first-order valence-corrected chi connectivity index (χ1v) is 14.3. The topological polar surface area (TPSA) is 26.3 Å². The van der Waals surface area contributed by atoms with Gasteiger partial charge in [-0.25, -0.2) is 0 Å². The molecule has 0 spiro atoms. The molecule has 2 nitrogen and oxygen atoms in total. The van der Waals surface area contributed by atoms with Gasteiger partial charge in [0.15, 0.2) is 8.32 Å². The van der Waals surface area contributed by atoms with Gasteiger partial charge in [-0.05, 0) is 85.7 Å². The van der Waals surface area contributed by atoms with Crippen molar-refractivity contribution in [3.63, 3.8) is 0 Å². The van der Waals surface area contributed by atoms with Gasteiger partial charge in [-0.1, -0.05) is 39.3 Å². The Morgan fingerprint density at radius 1 is 1.07 bits per heavy atom. The van der Waals surface area contributed by atoms with Crippen LogP contribution in [0.25, 0.3) is 0 Å². The molecule has 0 amide bonds. The first kappa shape index (κ1) is 19.9. The molecular formula is C24H40O2Si. The summed E-state index contributed by atoms with van der Waals surface area (Å²) in [6.07, 6.45) is 12.2. The van der Waals surface area contributed by atoms with Gasteiger partial charge in [-0.2, -0.15) is 0 Å². The maximum Gasteiger partial charge on any atom is 0.192 e. The smallest absolute Gasteiger partial charge is 0.192 e. The second-order valence-corrected chi connectivity index (χ2v) is 16.6. The fraction of sp³-hybridized carbons (Fsp3) is 0.875. The molecule has 0 saturated heterocycles. The van der Waals surface area contributed by atoms with Gasteiger partial charge in [0.1, 0.15) is 5.78 Å². The number of fused-ring (bicyclic) bond motifs is 5. The van der Waals surface area contributed by atoms with Gasteiger partial charge in [0.05, 0.1) is 6.10 Å². The fourth-order valence-corrected chi connectivity index (χ4v) is 8.09. The maximum absolute atomic E-state index is 11.9. The highest BCUT2D eigenvalue weighted by atomic mass is 28.4. The second kappa shape index (κ2) is 6.55. The van der Waals surface area contributed by atoms with E-state index in [9.17, 15) is 4.79 Å². The Morgan fingerprint density at radius 2 is 1.81 bits per heavy atom. The van der Waals surface area contributed by atoms with Crippen LogP contribution in [-0.2, 0) is 9.22 Å². The zero-order valence-electron chi connectivity index (χ0n) is 18.4. The van der Waals surface area contributed by atoms with E-state index in [1.165, 1.54) is 32.1 Å². The van der Waals surface area contributed by atoms with Crippen LogP contribution in [0.4, 0.5) is 0 Å². The summed E-state index contributed by atoms with van der Waals surface area (Å²) in [5, 5.41) is 0.282. The molecule has 3 fully saturated rings. The van der Waals surface area contributed by atoms with E-state index < -0.39 is 8.32 Å². The molecule has 0 radical (unpaired) electrons. The van der Waals surface area contributed by atoms with Crippen molar-refractivity contribution in [2.45, 2.75) is 103 Å². The lowest BCUT2D eigenvalue weighted by Gasteiger charge is -2.52. The predicted octanol–water partition coefficient (Wildman–Crippen LogP) is 6.52. The van der Waals surface area contributed by atoms with Crippen LogP contribution in [0.3, 0.4) is 0 Å². The van der Waals surface area contributed by atoms with Crippen LogP contribution in [0.5, 0.6) is 0 Å². The zero-order chi connectivity index (χ0) is 19.6. The Morgan fingerprint density at radius 3 is 2.52 bits per heavy atom. The van der Waals surface area contributed by atoms with Gasteiger partial charge in [0.25, 0.3) is 0 Å². The number of allylic oxidation sites excluding steroid dienone is 2. The molecule has 3 heteroatoms. The van der Waals surface area contributed by atoms with Crippen molar-refractivity contribution >= 4 is 14.1 Å². The van der Waals surface area contributed by atoms with Crippen LogP contribution in [0, 0.1) is 29.1 Å². The van der Waals surface area contributed by atoms with Crippen LogP contribution in [-0.4, -0.2) is 20.2 Å². The Balaban J connectivity index is 1.56. The molecule has 4 aliphatic carbocycles. The monoisotopic (exact) mass is 388 g/mol. The van der Waals surface area contributed by atoms with Crippen LogP contribution < -0.4 is 0 Å². The quantitative estimate of drug-likeness (QED) is 0.397. The minimum absolute atomic E-state index is 0.282. The lowest BCUT2D eigenvalue weighted by atomic mass is 9.55. The zero-order valence-corrected chi connectivity index (χ0v) is 19.4. The van der Waals surface area contributed by atoms with Crippen LogP contribution in [0.1, 0.15) is 79.1 Å². The number of hydrogen-bond donors (Lipinski definition) is 0. The average molecular weight is 389 g/mol. The van der Waals surface area contributed by atoms with E-state index in [0.717, 1.165) is 31.1 Å². The van der Waals surface area contributed by atoms with E-state index in [2.05, 4.69) is 46.9 Å². The highest BCUT2D eigenvalue weighted by molar-refractivity contribution is 6.74. The highest BCUT2D eigenvalue weighted by Crippen LogP contribution is 2.61. The molecule has 152 valence electrons. The SMILES string of the molecule is CC(C)(C)[Si](C)(C)O[C@H]1CC[C@H]2[C@@H]3CC[C@H]4CC(=O)CC[C@@H]4C3=CC[C@]12C. The summed E-state index contributed by atoms with van der Waals surface area (Å²) in [4.78, 5) is 11.9. The molecular weight excluding hydrogens is 348 g/mol. The van der Waals surface area contributed by atoms with Gasteiger partial charge < -0.3 is 4.43 Å². The summed E-state index contributed by atoms with van der Waals surface area (Å²) < 4.78 is 7.00. The molecule has 4 rings (SSSR count). The van der Waals surface area contributed by atoms with E-state index in [0.29, 0.717) is 29.1 Å². The lowest BCUT2D eigenvalue weighted by Crippen LogP contribution is -2.50. The minimum Gasteiger partial charge on any atom is -0.413 e. The number of carbonyl (C=O) groups excluding carboxylic acids is 1. The van der Waals surface area contributed by atoms with Crippen molar-refractivity contribution in [2.24, 2.45) is 29.1 Å². The standard InChI is InChI=1S/C24H40O2Si/c1-23(2,3)27(5,6)26-22-12-11-21-20-9-7-16-15-17(25)8-10-18(16)19(20)13-14-24(21,22)4/h13,16,18,20-22H,7-12,14-15H2,1-6H3/t16-,18-,20+,21-,22-,24-/m0/s1. The molecule has 0 aliphatic heterocycles. The predicted molar refractivity (Wildman–Crippen MR) is 114 cm³/mol. The Hall–Kier alpha value is -0.413. The first-order valence-electron chi connectivity index (χ1n) is 11.4. The van der Waals surface area contributed by atoms with Crippen molar-refractivity contribution < 1.29 is 9.22 Å². The van der Waals surface area contributed by atoms with Crippen LogP contribution >= 0.6 is 0 Å². The van der Waals surface area contributed by atoms with Crippen LogP contribution in [0.15, 0.2) is 11.6 Å². The largest absolute Gasteiger partial charge is 0.413 e. The number of carbonyl (C=O) groups is 1. The summed E-state index contributed by atoms with van der Waals surface area (Å²) in [7, 11) is -1.73. The van der Waals surface area contributed by atoms with Gasteiger partial charge >= 0.3 is 0 Å². The summed E-state index contributed by atoms with van der Waals surface area (Å²) in [5.74, 6) is 3.45. The molecule has 0 aromatic heterocycles. The lowest BCUT2D eigenvalue weighted by molar-refractivity contribution is -0.123. The molecule has 0 aromatic carbocycles. The summed E-state index contributed by atoms with van der Waals surface area (Å²) in [5.41, 5.74) is 2.08. The molecule has 4 aliphatic rings. The third-order valence-corrected chi connectivity index (χ3v) is 13.8. The van der Waals surface area contributed by atoms with Crippen molar-refractivity contribution in [1.82, 2.24) is 0 Å². The van der Waals surface area contributed by atoms with Crippen molar-refractivity contribution in [1.29, 1.82) is 0 Å². The molecule has 6 atom stereocenters. The third kappa shape index (κ3) is 3.21. The minimum atomic E-state index is -1.73. The van der Waals surface area contributed by atoms with Crippen molar-refractivity contribution in [3.8, 4) is 0 Å². The molecule has 0 aromatic rings. The van der Waals surface area contributed by atoms with Gasteiger partial charge in [-0.15, -0.1) is 0 Å². The molecule has 0 heterocycles. The normalized spacial score (nSPS) is 42.2. The van der Waals surface area contributed by atoms with E-state index in [4.69, 9.17) is 4.43 Å². The highest BCUT2D eigenvalue weighted by Gasteiger charge is 2.56. The van der Waals surface area contributed by atoms with Crippen LogP contribution in [0.2, 0.25) is 18.1 Å². The van der Waals surface area contributed by atoms with E-state index in [1.54, 1.807) is 5.57 Å². The first-order chi connectivity index (χ1) is 12.5. The maximum atomic E-state index is 11.9. The van der Waals surface area contributed by atoms with Crippen molar-refractivity contribution in [3.05, 3.63) is 11.6 Å². The number of ketones is 1. The summed E-state index contributed by atoms with van der Waals surface area (Å²) in [6, 6.07) is 0. The molecule has 0 unspecified atom stereocenters. The van der Waals surface area contributed by atoms with E-state index in [-0.39, 0.29) is 5.04 Å². The molecule has 0 bridgehead atoms. The summed E-state index contributed by atoms with van der Waals surface area (Å²) >= 11 is 0. The van der Waals surface area contributed by atoms with Gasteiger partial charge in [0.2, 0.25) is 0 Å². The van der Waals surface area contributed by atoms with Gasteiger partial charge in [0, 0.05) is 12.8 Å². The number of Topliss-reactive ketones (excluding diaryl/α,β-unsaturated/α-hetero) is 1. The second-order valence-electron chi connectivity index (χ2n) is 11.8. The van der Waals surface area contributed by atoms with E-state index >= 15 is 0 Å². The third-order valence-electron chi connectivity index (χ3n) is 9.33. The van der Waals surface area contributed by atoms with E-state index in [1.807, 2.05) is 0 Å².